The quantitative estimate of drug-likeness (QED) is 0.503. The summed E-state index contributed by atoms with van der Waals surface area (Å²) in [6.45, 7) is 1.58. The average Bonchev–Trinajstić information content (AvgIpc) is 3.52. The molecule has 3 aromatic rings. The lowest BCUT2D eigenvalue weighted by molar-refractivity contribution is -0.142. The molecule has 3 atom stereocenters. The molecule has 2 aliphatic rings. The number of nitrogens with one attached hydrogen (secondary N) is 2. The van der Waals surface area contributed by atoms with Crippen LogP contribution >= 0.6 is 11.6 Å². The minimum atomic E-state index is -0.910. The smallest absolute Gasteiger partial charge is 0.307 e. The molecule has 3 N–H and O–H groups in total. The van der Waals surface area contributed by atoms with Gasteiger partial charge in [-0.25, -0.2) is 19.3 Å². The summed E-state index contributed by atoms with van der Waals surface area (Å²) in [6, 6.07) is 1.75. The van der Waals surface area contributed by atoms with Crippen LogP contribution in [0.1, 0.15) is 19.3 Å². The summed E-state index contributed by atoms with van der Waals surface area (Å²) < 4.78 is 14.4. The van der Waals surface area contributed by atoms with Gasteiger partial charge in [-0.2, -0.15) is 0 Å². The van der Waals surface area contributed by atoms with Gasteiger partial charge in [0.1, 0.15) is 5.65 Å². The number of carboxylic acid groups (broad SMARTS) is 1. The fourth-order valence-electron chi connectivity index (χ4n) is 4.43. The van der Waals surface area contributed by atoms with Gasteiger partial charge in [0.25, 0.3) is 0 Å². The summed E-state index contributed by atoms with van der Waals surface area (Å²) in [6.07, 6.45) is 6.48. The fraction of sp³-hybridized carbons (Fsp3) is 0.409. The zero-order valence-electron chi connectivity index (χ0n) is 17.6. The molecule has 0 spiro atoms. The Hall–Kier alpha value is -3.27. The Morgan fingerprint density at radius 1 is 1.30 bits per heavy atom. The number of piperidine rings is 1. The zero-order chi connectivity index (χ0) is 23.1. The summed E-state index contributed by atoms with van der Waals surface area (Å²) in [7, 11) is 0. The van der Waals surface area contributed by atoms with Gasteiger partial charge in [-0.1, -0.05) is 11.6 Å². The molecule has 0 aromatic carbocycles. The first-order valence-corrected chi connectivity index (χ1v) is 11.2. The molecule has 1 aliphatic carbocycles. The number of aromatic amines is 1. The van der Waals surface area contributed by atoms with Crippen LogP contribution in [0.4, 0.5) is 10.2 Å². The Morgan fingerprint density at radius 3 is 2.94 bits per heavy atom. The molecule has 1 saturated heterocycles. The van der Waals surface area contributed by atoms with E-state index in [1.807, 2.05) is 0 Å². The molecule has 33 heavy (non-hydrogen) atoms. The Balaban J connectivity index is 1.26. The van der Waals surface area contributed by atoms with E-state index in [9.17, 15) is 14.0 Å². The molecule has 172 valence electrons. The summed E-state index contributed by atoms with van der Waals surface area (Å²) in [4.78, 5) is 41.2. The van der Waals surface area contributed by atoms with E-state index >= 15 is 0 Å². The third kappa shape index (κ3) is 4.35. The van der Waals surface area contributed by atoms with Gasteiger partial charge in [-0.05, 0) is 31.2 Å². The number of rotatable bonds is 6. The lowest BCUT2D eigenvalue weighted by Crippen LogP contribution is -2.43. The Kier molecular flexibility index (Phi) is 5.61. The van der Waals surface area contributed by atoms with Crippen molar-refractivity contribution in [2.24, 2.45) is 17.8 Å². The summed E-state index contributed by atoms with van der Waals surface area (Å²) in [5.41, 5.74) is 1.29. The third-order valence-electron chi connectivity index (χ3n) is 6.30. The molecule has 0 bridgehead atoms. The van der Waals surface area contributed by atoms with E-state index in [1.54, 1.807) is 17.2 Å². The first kappa shape index (κ1) is 21.6. The van der Waals surface area contributed by atoms with E-state index in [0.29, 0.717) is 48.1 Å². The number of H-pyrrole nitrogens is 1. The van der Waals surface area contributed by atoms with Crippen LogP contribution in [0.2, 0.25) is 5.02 Å². The van der Waals surface area contributed by atoms with Crippen molar-refractivity contribution in [2.75, 3.05) is 25.0 Å². The normalized spacial score (nSPS) is 22.4. The number of halogens is 2. The summed E-state index contributed by atoms with van der Waals surface area (Å²) in [5, 5.41) is 13.4. The van der Waals surface area contributed by atoms with Crippen LogP contribution in [-0.2, 0) is 9.59 Å². The van der Waals surface area contributed by atoms with Crippen LogP contribution in [-0.4, -0.2) is 61.5 Å². The molecular weight excluding hydrogens is 451 g/mol. The maximum atomic E-state index is 14.4. The SMILES string of the molecule is O=C(O)[C@H]1CC1C(=O)N1CCC[C@H](CNc2nc(-c3c[nH]c4ncc(Cl)cc34)ncc2F)C1. The van der Waals surface area contributed by atoms with Crippen LogP contribution in [0.15, 0.2) is 24.7 Å². The molecule has 5 rings (SSSR count). The van der Waals surface area contributed by atoms with Gasteiger partial charge in [0.05, 0.1) is 23.1 Å². The predicted octanol–water partition coefficient (Wildman–Crippen LogP) is 3.18. The topological polar surface area (TPSA) is 124 Å². The highest BCUT2D eigenvalue weighted by Crippen LogP contribution is 2.40. The van der Waals surface area contributed by atoms with E-state index in [2.05, 4.69) is 25.3 Å². The molecule has 3 aromatic heterocycles. The first-order chi connectivity index (χ1) is 15.9. The van der Waals surface area contributed by atoms with Crippen molar-refractivity contribution < 1.29 is 19.1 Å². The molecule has 1 saturated carbocycles. The van der Waals surface area contributed by atoms with Crippen molar-refractivity contribution in [1.82, 2.24) is 24.8 Å². The predicted molar refractivity (Wildman–Crippen MR) is 119 cm³/mol. The molecule has 4 heterocycles. The number of carbonyl (C=O) groups excluding carboxylic acids is 1. The molecule has 1 unspecified atom stereocenters. The zero-order valence-corrected chi connectivity index (χ0v) is 18.3. The maximum Gasteiger partial charge on any atom is 0.307 e. The molecule has 1 aliphatic heterocycles. The Bertz CT molecular complexity index is 1230. The van der Waals surface area contributed by atoms with Crippen LogP contribution in [0.25, 0.3) is 22.4 Å². The van der Waals surface area contributed by atoms with Gasteiger partial charge in [0.2, 0.25) is 5.91 Å². The number of hydrogen-bond donors (Lipinski definition) is 3. The largest absolute Gasteiger partial charge is 0.481 e. The van der Waals surface area contributed by atoms with Gasteiger partial charge in [-0.15, -0.1) is 0 Å². The average molecular weight is 473 g/mol. The van der Waals surface area contributed by atoms with Crippen LogP contribution in [0.5, 0.6) is 0 Å². The van der Waals surface area contributed by atoms with E-state index in [-0.39, 0.29) is 17.6 Å². The number of anilines is 1. The van der Waals surface area contributed by atoms with E-state index in [0.717, 1.165) is 24.4 Å². The summed E-state index contributed by atoms with van der Waals surface area (Å²) >= 11 is 6.06. The van der Waals surface area contributed by atoms with Crippen LogP contribution in [0, 0.1) is 23.6 Å². The molecule has 2 fully saturated rings. The second-order valence-corrected chi connectivity index (χ2v) is 9.04. The number of aliphatic carboxylic acids is 1. The van der Waals surface area contributed by atoms with Crippen LogP contribution in [0.3, 0.4) is 0 Å². The molecule has 0 radical (unpaired) electrons. The minimum Gasteiger partial charge on any atom is -0.481 e. The molecule has 11 heteroatoms. The highest BCUT2D eigenvalue weighted by Gasteiger charge is 2.50. The third-order valence-corrected chi connectivity index (χ3v) is 6.50. The second-order valence-electron chi connectivity index (χ2n) is 8.60. The van der Waals surface area contributed by atoms with Gasteiger partial charge >= 0.3 is 5.97 Å². The van der Waals surface area contributed by atoms with Gasteiger partial charge in [0.15, 0.2) is 17.5 Å². The molecular formula is C22H22ClFN6O3. The summed E-state index contributed by atoms with van der Waals surface area (Å²) in [5.74, 6) is -2.00. The van der Waals surface area contributed by atoms with Crippen molar-refractivity contribution in [1.29, 1.82) is 0 Å². The highest BCUT2D eigenvalue weighted by atomic mass is 35.5. The first-order valence-electron chi connectivity index (χ1n) is 10.8. The van der Waals surface area contributed by atoms with Gasteiger partial charge < -0.3 is 20.3 Å². The van der Waals surface area contributed by atoms with Crippen molar-refractivity contribution in [3.63, 3.8) is 0 Å². The Labute approximate surface area is 193 Å². The van der Waals surface area contributed by atoms with Gasteiger partial charge in [-0.3, -0.25) is 9.59 Å². The fourth-order valence-corrected chi connectivity index (χ4v) is 4.59. The number of carboxylic acids is 1. The number of amides is 1. The monoisotopic (exact) mass is 472 g/mol. The van der Waals surface area contributed by atoms with Gasteiger partial charge in [0, 0.05) is 43.0 Å². The van der Waals surface area contributed by atoms with E-state index in [1.165, 1.54) is 6.20 Å². The number of pyridine rings is 1. The highest BCUT2D eigenvalue weighted by molar-refractivity contribution is 6.31. The number of nitrogens with zero attached hydrogens (tertiary/aromatic N) is 4. The number of likely N-dealkylation sites (tertiary alicyclic amines) is 1. The van der Waals surface area contributed by atoms with Crippen molar-refractivity contribution in [3.05, 3.63) is 35.5 Å². The van der Waals surface area contributed by atoms with E-state index < -0.39 is 23.6 Å². The maximum absolute atomic E-state index is 14.4. The lowest BCUT2D eigenvalue weighted by Gasteiger charge is -2.33. The van der Waals surface area contributed by atoms with Crippen LogP contribution < -0.4 is 5.32 Å². The van der Waals surface area contributed by atoms with E-state index in [4.69, 9.17) is 16.7 Å². The number of aromatic nitrogens is 4. The molecule has 9 nitrogen and oxygen atoms in total. The molecule has 1 amide bonds. The number of fused-ring (bicyclic) bond motifs is 1. The standard InChI is InChI=1S/C22H22ClFN6O3/c23-12-4-13-16(8-27-18(13)26-7-12)19-28-9-17(24)20(29-19)25-6-11-2-1-3-30(10-11)21(31)14-5-15(14)22(32)33/h4,7-9,11,14-15H,1-3,5-6,10H2,(H,26,27)(H,32,33)(H,25,28,29)/t11-,14?,15+/m1/s1. The lowest BCUT2D eigenvalue weighted by atomic mass is 9.97. The minimum absolute atomic E-state index is 0.0842. The van der Waals surface area contributed by atoms with Crippen molar-refractivity contribution in [2.45, 2.75) is 19.3 Å². The second kappa shape index (κ2) is 8.58. The van der Waals surface area contributed by atoms with Crippen molar-refractivity contribution >= 4 is 40.3 Å². The number of hydrogen-bond acceptors (Lipinski definition) is 6. The van der Waals surface area contributed by atoms with Crippen molar-refractivity contribution in [3.8, 4) is 11.4 Å². The number of carbonyl (C=O) groups is 2. The Morgan fingerprint density at radius 2 is 2.15 bits per heavy atom.